The zero-order valence-electron chi connectivity index (χ0n) is 45.0. The number of para-hydroxylation sites is 8. The quantitative estimate of drug-likeness (QED) is 0.134. The van der Waals surface area contributed by atoms with E-state index in [1.165, 1.54) is 36.9 Å². The maximum Gasteiger partial charge on any atom is 0.264 e. The highest BCUT2D eigenvalue weighted by Gasteiger charge is 2.49. The summed E-state index contributed by atoms with van der Waals surface area (Å²) in [5.74, 6) is 1.71. The van der Waals surface area contributed by atoms with Crippen molar-refractivity contribution in [2.24, 2.45) is 0 Å². The van der Waals surface area contributed by atoms with Gasteiger partial charge in [0.15, 0.2) is 0 Å². The fraction of sp³-hybridized carbons (Fsp3) is 0. The van der Waals surface area contributed by atoms with E-state index in [1.54, 1.807) is 0 Å². The molecule has 0 amide bonds. The van der Waals surface area contributed by atoms with Crippen molar-refractivity contribution < 1.29 is 4.74 Å². The van der Waals surface area contributed by atoms with E-state index in [0.717, 1.165) is 102 Å². The van der Waals surface area contributed by atoms with E-state index in [1.807, 2.05) is 11.3 Å². The van der Waals surface area contributed by atoms with Crippen LogP contribution < -0.4 is 61.3 Å². The Morgan fingerprint density at radius 3 is 1.24 bits per heavy atom. The van der Waals surface area contributed by atoms with Gasteiger partial charge in [0.2, 0.25) is 0 Å². The molecule has 0 fully saturated rings. The molecule has 12 aromatic carbocycles. The third kappa shape index (κ3) is 7.44. The number of thiophene rings is 1. The van der Waals surface area contributed by atoms with E-state index in [-0.39, 0.29) is 13.4 Å². The molecule has 4 aliphatic rings. The van der Waals surface area contributed by atoms with Crippen molar-refractivity contribution in [3.05, 3.63) is 297 Å². The fourth-order valence-electron chi connectivity index (χ4n) is 13.6. The molecule has 4 aliphatic heterocycles. The second-order valence-electron chi connectivity index (χ2n) is 21.6. The molecule has 0 bridgehead atoms. The number of rotatable bonds is 9. The molecule has 388 valence electrons. The van der Waals surface area contributed by atoms with Crippen molar-refractivity contribution >= 4 is 152 Å². The lowest BCUT2D eigenvalue weighted by Gasteiger charge is -2.46. The van der Waals surface area contributed by atoms with E-state index < -0.39 is 0 Å². The van der Waals surface area contributed by atoms with E-state index in [0.29, 0.717) is 0 Å². The van der Waals surface area contributed by atoms with Gasteiger partial charge in [0.1, 0.15) is 11.5 Å². The average Bonchev–Trinajstić information content (AvgIpc) is 1.75. The van der Waals surface area contributed by atoms with Crippen LogP contribution in [0, 0.1) is 0 Å². The molecule has 0 spiro atoms. The molecule has 13 aromatic rings. The van der Waals surface area contributed by atoms with Crippen LogP contribution in [-0.4, -0.2) is 13.4 Å². The number of ether oxygens (including phenoxy) is 1. The molecule has 0 N–H and O–H groups in total. The molecular formula is C74H49B2N5OS. The summed E-state index contributed by atoms with van der Waals surface area (Å²) in [6.45, 7) is -0.302. The van der Waals surface area contributed by atoms with Crippen molar-refractivity contribution in [3.8, 4) is 11.5 Å². The molecule has 0 saturated heterocycles. The number of fused-ring (bicyclic) bond motifs is 10. The Morgan fingerprint density at radius 2 is 0.711 bits per heavy atom. The largest absolute Gasteiger partial charge is 0.458 e. The van der Waals surface area contributed by atoms with Crippen molar-refractivity contribution in [3.63, 3.8) is 0 Å². The van der Waals surface area contributed by atoms with Crippen molar-refractivity contribution in [1.29, 1.82) is 0 Å². The Labute approximate surface area is 487 Å². The van der Waals surface area contributed by atoms with Crippen LogP contribution in [0.5, 0.6) is 11.5 Å². The second kappa shape index (κ2) is 19.1. The standard InChI is InChI=1S/C74H49B2N5OS/c1-8-26-50(27-9-1)77(51-28-10-2-11-29-51)57-44-65-71-66(45-57)81(56-38-20-7-21-39-56)73-59-40-22-25-43-70(59)83-74(73)76(71)62-48-61-63(49-64(62)79(65)54-34-16-5-17-35-54)80(55-36-18-6-19-37-55)67-46-58(47-69-72(67)75(61)60-41-23-24-42-68(60)82-69)78(52-30-12-3-13-31-52)53-32-14-4-15-33-53/h1-49H. The first-order chi connectivity index (χ1) is 41.2. The lowest BCUT2D eigenvalue weighted by molar-refractivity contribution is 0.487. The molecule has 0 saturated carbocycles. The zero-order chi connectivity index (χ0) is 54.5. The minimum absolute atomic E-state index is 0.141. The summed E-state index contributed by atoms with van der Waals surface area (Å²) in [7, 11) is 0. The van der Waals surface area contributed by atoms with Gasteiger partial charge in [-0.3, -0.25) is 0 Å². The molecule has 0 unspecified atom stereocenters. The van der Waals surface area contributed by atoms with Gasteiger partial charge in [-0.25, -0.2) is 0 Å². The molecule has 83 heavy (non-hydrogen) atoms. The number of anilines is 15. The molecule has 0 atom stereocenters. The summed E-state index contributed by atoms with van der Waals surface area (Å²) in [5.41, 5.74) is 22.5. The van der Waals surface area contributed by atoms with E-state index in [4.69, 9.17) is 4.74 Å². The summed E-state index contributed by atoms with van der Waals surface area (Å²) in [5, 5.41) is 1.24. The van der Waals surface area contributed by atoms with Crippen LogP contribution in [0.1, 0.15) is 0 Å². The number of hydrogen-bond acceptors (Lipinski definition) is 7. The van der Waals surface area contributed by atoms with Crippen LogP contribution in [0.25, 0.3) is 10.1 Å². The molecule has 0 radical (unpaired) electrons. The van der Waals surface area contributed by atoms with Gasteiger partial charge in [0.25, 0.3) is 13.4 Å². The minimum Gasteiger partial charge on any atom is -0.458 e. The van der Waals surface area contributed by atoms with Crippen molar-refractivity contribution in [1.82, 2.24) is 0 Å². The van der Waals surface area contributed by atoms with Gasteiger partial charge in [0.05, 0.1) is 17.1 Å². The van der Waals surface area contributed by atoms with Gasteiger partial charge in [-0.05, 0) is 149 Å². The molecule has 6 nitrogen and oxygen atoms in total. The summed E-state index contributed by atoms with van der Waals surface area (Å²) in [6, 6.07) is 108. The van der Waals surface area contributed by atoms with Crippen LogP contribution in [0.3, 0.4) is 0 Å². The lowest BCUT2D eigenvalue weighted by Crippen LogP contribution is -2.64. The van der Waals surface area contributed by atoms with Gasteiger partial charge in [0, 0.05) is 89.2 Å². The Balaban J connectivity index is 0.994. The van der Waals surface area contributed by atoms with Crippen LogP contribution in [-0.2, 0) is 0 Å². The predicted molar refractivity (Wildman–Crippen MR) is 351 cm³/mol. The summed E-state index contributed by atoms with van der Waals surface area (Å²) < 4.78 is 9.83. The Kier molecular flexibility index (Phi) is 10.9. The molecule has 17 rings (SSSR count). The highest BCUT2D eigenvalue weighted by atomic mass is 32.1. The van der Waals surface area contributed by atoms with Crippen LogP contribution >= 0.6 is 11.3 Å². The monoisotopic (exact) mass is 1080 g/mol. The SMILES string of the molecule is c1ccc(N(c2ccccc2)c2cc3c4c(c2)N(c2ccccc2)c2cc5c(cc2B4c2ccccc2O3)B2c3sc4ccccc4c3N(c3ccccc3)c3cc(N(c4ccccc4)c4ccccc4)cc(c32)N5c2ccccc2)cc1. The van der Waals surface area contributed by atoms with Gasteiger partial charge < -0.3 is 29.2 Å². The van der Waals surface area contributed by atoms with Gasteiger partial charge in [-0.2, -0.15) is 0 Å². The summed E-state index contributed by atoms with van der Waals surface area (Å²) >= 11 is 1.93. The second-order valence-corrected chi connectivity index (χ2v) is 22.7. The maximum absolute atomic E-state index is 7.25. The van der Waals surface area contributed by atoms with Crippen LogP contribution in [0.2, 0.25) is 0 Å². The maximum atomic E-state index is 7.25. The lowest BCUT2D eigenvalue weighted by atomic mass is 9.31. The molecule has 5 heterocycles. The number of benzene rings is 12. The smallest absolute Gasteiger partial charge is 0.264 e. The van der Waals surface area contributed by atoms with Gasteiger partial charge in [-0.1, -0.05) is 170 Å². The first kappa shape index (κ1) is 47.3. The fourth-order valence-corrected chi connectivity index (χ4v) is 14.9. The Morgan fingerprint density at radius 1 is 0.301 bits per heavy atom. The third-order valence-electron chi connectivity index (χ3n) is 17.0. The molecular weight excluding hydrogens is 1030 g/mol. The van der Waals surface area contributed by atoms with Crippen molar-refractivity contribution in [2.75, 3.05) is 24.5 Å². The van der Waals surface area contributed by atoms with E-state index in [2.05, 4.69) is 322 Å². The zero-order valence-corrected chi connectivity index (χ0v) is 45.8. The van der Waals surface area contributed by atoms with Gasteiger partial charge in [-0.15, -0.1) is 11.3 Å². The number of nitrogens with zero attached hydrogens (tertiary/aromatic N) is 5. The topological polar surface area (TPSA) is 25.4 Å². The first-order valence-corrected chi connectivity index (χ1v) is 29.2. The molecule has 9 heteroatoms. The Hall–Kier alpha value is -10.5. The van der Waals surface area contributed by atoms with Crippen molar-refractivity contribution in [2.45, 2.75) is 0 Å². The van der Waals surface area contributed by atoms with Gasteiger partial charge >= 0.3 is 0 Å². The van der Waals surface area contributed by atoms with Crippen LogP contribution in [0.15, 0.2) is 297 Å². The summed E-state index contributed by atoms with van der Waals surface area (Å²) in [6.07, 6.45) is 0. The first-order valence-electron chi connectivity index (χ1n) is 28.4. The normalized spacial score (nSPS) is 13.0. The minimum atomic E-state index is -0.161. The highest BCUT2D eigenvalue weighted by Crippen LogP contribution is 2.53. The summed E-state index contributed by atoms with van der Waals surface area (Å²) in [4.78, 5) is 12.4. The highest BCUT2D eigenvalue weighted by molar-refractivity contribution is 7.33. The Bertz CT molecular complexity index is 4550. The number of hydrogen-bond donors (Lipinski definition) is 0. The third-order valence-corrected chi connectivity index (χ3v) is 18.2. The molecule has 0 aliphatic carbocycles. The van der Waals surface area contributed by atoms with Crippen LogP contribution in [0.4, 0.5) is 85.3 Å². The average molecular weight is 1080 g/mol. The van der Waals surface area contributed by atoms with E-state index in [9.17, 15) is 0 Å². The predicted octanol–water partition coefficient (Wildman–Crippen LogP) is 16.3. The molecule has 1 aromatic heterocycles. The van der Waals surface area contributed by atoms with E-state index >= 15 is 0 Å².